The van der Waals surface area contributed by atoms with E-state index in [2.05, 4.69) is 46.5 Å². The van der Waals surface area contributed by atoms with Crippen molar-refractivity contribution in [2.24, 2.45) is 5.41 Å². The van der Waals surface area contributed by atoms with Gasteiger partial charge in [0.1, 0.15) is 0 Å². The zero-order valence-corrected chi connectivity index (χ0v) is 15.6. The van der Waals surface area contributed by atoms with Crippen molar-refractivity contribution >= 4 is 15.9 Å². The molecule has 120 valence electrons. The fraction of sp³-hybridized carbons (Fsp3) is 1.00. The van der Waals surface area contributed by atoms with Gasteiger partial charge in [-0.25, -0.2) is 0 Å². The molecule has 0 heterocycles. The van der Waals surface area contributed by atoms with Gasteiger partial charge in [0.15, 0.2) is 0 Å². The fourth-order valence-corrected chi connectivity index (χ4v) is 4.25. The van der Waals surface area contributed by atoms with Crippen LogP contribution in [0.15, 0.2) is 0 Å². The van der Waals surface area contributed by atoms with Crippen LogP contribution in [0.25, 0.3) is 0 Å². The van der Waals surface area contributed by atoms with Crippen LogP contribution in [0, 0.1) is 5.41 Å². The van der Waals surface area contributed by atoms with Gasteiger partial charge in [0.2, 0.25) is 0 Å². The number of nitrogens with zero attached hydrogens (tertiary/aromatic N) is 2. The van der Waals surface area contributed by atoms with Crippen LogP contribution in [-0.4, -0.2) is 54.4 Å². The molecule has 2 nitrogen and oxygen atoms in total. The average molecular weight is 347 g/mol. The highest BCUT2D eigenvalue weighted by Gasteiger charge is 2.32. The van der Waals surface area contributed by atoms with Crippen LogP contribution in [0.2, 0.25) is 0 Å². The zero-order chi connectivity index (χ0) is 14.8. The first-order valence-electron chi connectivity index (χ1n) is 8.70. The molecule has 20 heavy (non-hydrogen) atoms. The van der Waals surface area contributed by atoms with Crippen LogP contribution in [0.4, 0.5) is 0 Å². The Kier molecular flexibility index (Phi) is 9.39. The van der Waals surface area contributed by atoms with Gasteiger partial charge in [-0.05, 0) is 57.4 Å². The smallest absolute Gasteiger partial charge is 0.0100 e. The van der Waals surface area contributed by atoms with Crippen LogP contribution in [0.5, 0.6) is 0 Å². The summed E-state index contributed by atoms with van der Waals surface area (Å²) < 4.78 is 0. The largest absolute Gasteiger partial charge is 0.304 e. The van der Waals surface area contributed by atoms with Crippen LogP contribution in [0.3, 0.4) is 0 Å². The summed E-state index contributed by atoms with van der Waals surface area (Å²) in [7, 11) is 0. The van der Waals surface area contributed by atoms with E-state index in [-0.39, 0.29) is 0 Å². The van der Waals surface area contributed by atoms with E-state index in [9.17, 15) is 0 Å². The minimum absolute atomic E-state index is 0.559. The molecular weight excluding hydrogens is 312 g/mol. The molecule has 0 saturated heterocycles. The molecule has 1 aliphatic carbocycles. The highest BCUT2D eigenvalue weighted by Crippen LogP contribution is 2.38. The number of hydrogen-bond donors (Lipinski definition) is 0. The third kappa shape index (κ3) is 6.03. The standard InChI is InChI=1S/C17H35BrN2/c1-4-19(5-2)13-10-14-20(6-3)16-17(15-18)11-8-7-9-12-17/h4-16H2,1-3H3. The Bertz CT molecular complexity index is 235. The van der Waals surface area contributed by atoms with Crippen molar-refractivity contribution in [1.82, 2.24) is 9.80 Å². The maximum atomic E-state index is 3.80. The van der Waals surface area contributed by atoms with Crippen LogP contribution < -0.4 is 0 Å². The highest BCUT2D eigenvalue weighted by molar-refractivity contribution is 9.09. The Balaban J connectivity index is 2.37. The van der Waals surface area contributed by atoms with Crippen LogP contribution >= 0.6 is 15.9 Å². The summed E-state index contributed by atoms with van der Waals surface area (Å²) in [6.07, 6.45) is 8.47. The lowest BCUT2D eigenvalue weighted by Gasteiger charge is -2.40. The molecule has 3 heteroatoms. The number of rotatable bonds is 10. The first-order chi connectivity index (χ1) is 9.69. The van der Waals surface area contributed by atoms with E-state index in [1.165, 1.54) is 83.1 Å². The molecule has 0 atom stereocenters. The monoisotopic (exact) mass is 346 g/mol. The second kappa shape index (κ2) is 10.2. The van der Waals surface area contributed by atoms with Crippen LogP contribution in [0.1, 0.15) is 59.3 Å². The topological polar surface area (TPSA) is 6.48 Å². The molecule has 0 N–H and O–H groups in total. The molecule has 0 unspecified atom stereocenters. The highest BCUT2D eigenvalue weighted by atomic mass is 79.9. The second-order valence-electron chi connectivity index (χ2n) is 6.44. The molecule has 0 aliphatic heterocycles. The molecule has 1 saturated carbocycles. The van der Waals surface area contributed by atoms with Crippen molar-refractivity contribution in [3.63, 3.8) is 0 Å². The summed E-state index contributed by atoms with van der Waals surface area (Å²) in [5.74, 6) is 0. The molecular formula is C17H35BrN2. The van der Waals surface area contributed by atoms with Crippen molar-refractivity contribution in [3.8, 4) is 0 Å². The molecule has 1 aliphatic rings. The molecule has 0 spiro atoms. The normalized spacial score (nSPS) is 18.9. The summed E-state index contributed by atoms with van der Waals surface area (Å²) >= 11 is 3.80. The zero-order valence-electron chi connectivity index (χ0n) is 14.0. The molecule has 0 amide bonds. The molecule has 0 aromatic heterocycles. The average Bonchev–Trinajstić information content (AvgIpc) is 2.51. The van der Waals surface area contributed by atoms with Gasteiger partial charge in [0.05, 0.1) is 0 Å². The van der Waals surface area contributed by atoms with E-state index in [4.69, 9.17) is 0 Å². The van der Waals surface area contributed by atoms with Crippen molar-refractivity contribution in [3.05, 3.63) is 0 Å². The first kappa shape index (κ1) is 18.4. The lowest BCUT2D eigenvalue weighted by atomic mass is 9.75. The van der Waals surface area contributed by atoms with Crippen LogP contribution in [-0.2, 0) is 0 Å². The lowest BCUT2D eigenvalue weighted by Crippen LogP contribution is -2.41. The summed E-state index contributed by atoms with van der Waals surface area (Å²) in [6.45, 7) is 14.3. The summed E-state index contributed by atoms with van der Waals surface area (Å²) in [5, 5.41) is 1.19. The summed E-state index contributed by atoms with van der Waals surface area (Å²) in [6, 6.07) is 0. The minimum atomic E-state index is 0.559. The Morgan fingerprint density at radius 3 is 1.90 bits per heavy atom. The van der Waals surface area contributed by atoms with Gasteiger partial charge in [-0.2, -0.15) is 0 Å². The van der Waals surface area contributed by atoms with E-state index in [0.717, 1.165) is 0 Å². The quantitative estimate of drug-likeness (QED) is 0.541. The fourth-order valence-electron chi connectivity index (χ4n) is 3.52. The molecule has 0 bridgehead atoms. The van der Waals surface area contributed by atoms with Crippen molar-refractivity contribution in [1.29, 1.82) is 0 Å². The second-order valence-corrected chi connectivity index (χ2v) is 7.00. The van der Waals surface area contributed by atoms with E-state index in [1.54, 1.807) is 0 Å². The van der Waals surface area contributed by atoms with Gasteiger partial charge in [-0.15, -0.1) is 0 Å². The van der Waals surface area contributed by atoms with Gasteiger partial charge < -0.3 is 9.80 Å². The lowest BCUT2D eigenvalue weighted by molar-refractivity contribution is 0.126. The van der Waals surface area contributed by atoms with Gasteiger partial charge in [0, 0.05) is 11.9 Å². The SMILES string of the molecule is CCN(CC)CCCN(CC)CC1(CBr)CCCCC1. The third-order valence-electron chi connectivity index (χ3n) is 5.05. The van der Waals surface area contributed by atoms with E-state index < -0.39 is 0 Å². The van der Waals surface area contributed by atoms with Crippen molar-refractivity contribution in [2.45, 2.75) is 59.3 Å². The predicted octanol–water partition coefficient (Wildman–Crippen LogP) is 4.39. The Labute approximate surface area is 135 Å². The molecule has 1 fully saturated rings. The summed E-state index contributed by atoms with van der Waals surface area (Å²) in [5.41, 5.74) is 0.559. The Hall–Kier alpha value is 0.400. The molecule has 0 aromatic carbocycles. The molecule has 1 rings (SSSR count). The van der Waals surface area contributed by atoms with E-state index >= 15 is 0 Å². The number of hydrogen-bond acceptors (Lipinski definition) is 2. The van der Waals surface area contributed by atoms with Gasteiger partial charge >= 0.3 is 0 Å². The van der Waals surface area contributed by atoms with Gasteiger partial charge in [-0.1, -0.05) is 56.0 Å². The third-order valence-corrected chi connectivity index (χ3v) is 6.24. The van der Waals surface area contributed by atoms with Crippen molar-refractivity contribution in [2.75, 3.05) is 44.6 Å². The Morgan fingerprint density at radius 2 is 1.40 bits per heavy atom. The van der Waals surface area contributed by atoms with Crippen molar-refractivity contribution < 1.29 is 0 Å². The summed E-state index contributed by atoms with van der Waals surface area (Å²) in [4.78, 5) is 5.23. The molecule has 0 radical (unpaired) electrons. The number of halogens is 1. The van der Waals surface area contributed by atoms with E-state index in [1.807, 2.05) is 0 Å². The Morgan fingerprint density at radius 1 is 0.850 bits per heavy atom. The van der Waals surface area contributed by atoms with E-state index in [0.29, 0.717) is 5.41 Å². The predicted molar refractivity (Wildman–Crippen MR) is 93.8 cm³/mol. The minimum Gasteiger partial charge on any atom is -0.304 e. The first-order valence-corrected chi connectivity index (χ1v) is 9.82. The molecule has 0 aromatic rings. The maximum Gasteiger partial charge on any atom is 0.0100 e. The van der Waals surface area contributed by atoms with Gasteiger partial charge in [-0.3, -0.25) is 0 Å². The van der Waals surface area contributed by atoms with Gasteiger partial charge in [0.25, 0.3) is 0 Å². The maximum absolute atomic E-state index is 3.80. The number of alkyl halides is 1.